The molecule has 1 N–H and O–H groups in total. The van der Waals surface area contributed by atoms with E-state index < -0.39 is 6.10 Å². The second-order valence-corrected chi connectivity index (χ2v) is 4.67. The van der Waals surface area contributed by atoms with Gasteiger partial charge in [0, 0.05) is 13.0 Å². The summed E-state index contributed by atoms with van der Waals surface area (Å²) in [5, 5.41) is 10.1. The van der Waals surface area contributed by atoms with Gasteiger partial charge in [-0.2, -0.15) is 0 Å². The average Bonchev–Trinajstić information content (AvgIpc) is 2.49. The summed E-state index contributed by atoms with van der Waals surface area (Å²) in [6.45, 7) is 3.92. The summed E-state index contributed by atoms with van der Waals surface area (Å²) in [5.74, 6) is 0.516. The molecule has 3 heteroatoms. The molecule has 0 bridgehead atoms. The predicted molar refractivity (Wildman–Crippen MR) is 79.4 cm³/mol. The first-order valence-electron chi connectivity index (χ1n) is 6.57. The van der Waals surface area contributed by atoms with Crippen molar-refractivity contribution in [1.29, 1.82) is 0 Å². The molecule has 20 heavy (non-hydrogen) atoms. The van der Waals surface area contributed by atoms with Gasteiger partial charge < -0.3 is 14.6 Å². The Hall–Kier alpha value is -1.84. The van der Waals surface area contributed by atoms with Crippen molar-refractivity contribution in [2.75, 3.05) is 14.2 Å². The van der Waals surface area contributed by atoms with Gasteiger partial charge in [-0.1, -0.05) is 36.4 Å². The van der Waals surface area contributed by atoms with Crippen LogP contribution in [0.3, 0.4) is 0 Å². The van der Waals surface area contributed by atoms with Gasteiger partial charge in [0.05, 0.1) is 7.11 Å². The van der Waals surface area contributed by atoms with E-state index in [9.17, 15) is 5.11 Å². The smallest absolute Gasteiger partial charge is 0.129 e. The van der Waals surface area contributed by atoms with E-state index in [0.29, 0.717) is 5.76 Å². The van der Waals surface area contributed by atoms with E-state index >= 15 is 0 Å². The van der Waals surface area contributed by atoms with Crippen molar-refractivity contribution in [2.45, 2.75) is 18.1 Å². The van der Waals surface area contributed by atoms with Crippen molar-refractivity contribution in [2.24, 2.45) is 0 Å². The molecule has 106 valence electrons. The van der Waals surface area contributed by atoms with Crippen molar-refractivity contribution in [3.8, 4) is 0 Å². The van der Waals surface area contributed by atoms with Crippen LogP contribution in [0.5, 0.6) is 0 Å². The van der Waals surface area contributed by atoms with Gasteiger partial charge in [0.15, 0.2) is 0 Å². The molecule has 1 aliphatic rings. The van der Waals surface area contributed by atoms with Crippen LogP contribution >= 0.6 is 0 Å². The molecule has 0 aliphatic heterocycles. The third kappa shape index (κ3) is 2.84. The van der Waals surface area contributed by atoms with Gasteiger partial charge in [0.1, 0.15) is 18.0 Å². The number of allylic oxidation sites excluding steroid dienone is 1. The highest BCUT2D eigenvalue weighted by Gasteiger charge is 2.28. The largest absolute Gasteiger partial charge is 0.498 e. The van der Waals surface area contributed by atoms with Crippen molar-refractivity contribution in [1.82, 2.24) is 0 Å². The number of aliphatic hydroxyl groups excluding tert-OH is 1. The van der Waals surface area contributed by atoms with Crippen molar-refractivity contribution in [3.05, 3.63) is 72.0 Å². The zero-order valence-corrected chi connectivity index (χ0v) is 11.8. The molecule has 1 aromatic carbocycles. The summed E-state index contributed by atoms with van der Waals surface area (Å²) in [6.07, 6.45) is 4.49. The zero-order chi connectivity index (χ0) is 14.5. The molecular formula is C17H20O3. The molecule has 1 aromatic rings. The minimum Gasteiger partial charge on any atom is -0.498 e. The lowest BCUT2D eigenvalue weighted by molar-refractivity contribution is 0.122. The number of hydrogen-bond donors (Lipinski definition) is 1. The van der Waals surface area contributed by atoms with Crippen molar-refractivity contribution < 1.29 is 14.6 Å². The molecule has 0 saturated heterocycles. The van der Waals surface area contributed by atoms with Crippen LogP contribution in [0.4, 0.5) is 0 Å². The van der Waals surface area contributed by atoms with E-state index in [0.717, 1.165) is 11.1 Å². The maximum absolute atomic E-state index is 10.1. The molecule has 3 atom stereocenters. The minimum atomic E-state index is -0.743. The summed E-state index contributed by atoms with van der Waals surface area (Å²) in [5.41, 5.74) is 2.10. The summed E-state index contributed by atoms with van der Waals surface area (Å²) in [4.78, 5) is 0. The van der Waals surface area contributed by atoms with Crippen LogP contribution in [0.1, 0.15) is 11.5 Å². The quantitative estimate of drug-likeness (QED) is 0.838. The molecule has 0 radical (unpaired) electrons. The standard InChI is InChI=1S/C17H20O3/c1-4-13(12-8-6-5-7-9-12)14-10-15(18)17(20-3)11-16(14)19-2/h4-11,13,15-16,18H,1H2,2-3H3/t13-,15-,16-/m1/s1. The van der Waals surface area contributed by atoms with Gasteiger partial charge in [0.2, 0.25) is 0 Å². The Morgan fingerprint density at radius 3 is 2.45 bits per heavy atom. The monoisotopic (exact) mass is 272 g/mol. The first kappa shape index (κ1) is 14.6. The highest BCUT2D eigenvalue weighted by atomic mass is 16.5. The Balaban J connectivity index is 2.37. The van der Waals surface area contributed by atoms with Gasteiger partial charge in [0.25, 0.3) is 0 Å². The molecule has 0 aromatic heterocycles. The Kier molecular flexibility index (Phi) is 4.77. The third-order valence-corrected chi connectivity index (χ3v) is 3.53. The minimum absolute atomic E-state index is 0.00505. The van der Waals surface area contributed by atoms with E-state index in [1.165, 1.54) is 0 Å². The van der Waals surface area contributed by atoms with Crippen LogP contribution in [-0.4, -0.2) is 31.5 Å². The number of ether oxygens (including phenoxy) is 2. The Morgan fingerprint density at radius 1 is 1.20 bits per heavy atom. The van der Waals surface area contributed by atoms with E-state index in [1.54, 1.807) is 26.4 Å². The lowest BCUT2D eigenvalue weighted by Gasteiger charge is -2.28. The fourth-order valence-corrected chi connectivity index (χ4v) is 2.50. The molecule has 0 amide bonds. The summed E-state index contributed by atoms with van der Waals surface area (Å²) in [6, 6.07) is 10.0. The predicted octanol–water partition coefficient (Wildman–Crippen LogP) is 2.80. The van der Waals surface area contributed by atoms with Gasteiger partial charge in [-0.3, -0.25) is 0 Å². The fraction of sp³-hybridized carbons (Fsp3) is 0.294. The molecule has 0 unspecified atom stereocenters. The maximum Gasteiger partial charge on any atom is 0.129 e. The van der Waals surface area contributed by atoms with E-state index in [1.807, 2.05) is 36.4 Å². The average molecular weight is 272 g/mol. The highest BCUT2D eigenvalue weighted by Crippen LogP contribution is 2.33. The van der Waals surface area contributed by atoms with Crippen LogP contribution in [0.2, 0.25) is 0 Å². The van der Waals surface area contributed by atoms with Gasteiger partial charge in [-0.05, 0) is 23.3 Å². The number of rotatable bonds is 5. The SMILES string of the molecule is C=C[C@@H](C1=C[C@@H](O)C(OC)=C[C@H]1OC)c1ccccc1. The molecule has 2 rings (SSSR count). The van der Waals surface area contributed by atoms with E-state index in [2.05, 4.69) is 6.58 Å². The molecule has 1 aliphatic carbocycles. The Morgan fingerprint density at radius 2 is 1.90 bits per heavy atom. The first-order valence-corrected chi connectivity index (χ1v) is 6.57. The van der Waals surface area contributed by atoms with Crippen molar-refractivity contribution in [3.63, 3.8) is 0 Å². The summed E-state index contributed by atoms with van der Waals surface area (Å²) in [7, 11) is 3.19. The van der Waals surface area contributed by atoms with Gasteiger partial charge in [-0.25, -0.2) is 0 Å². The van der Waals surface area contributed by atoms with E-state index in [4.69, 9.17) is 9.47 Å². The molecule has 0 saturated carbocycles. The lowest BCUT2D eigenvalue weighted by Crippen LogP contribution is -2.26. The zero-order valence-electron chi connectivity index (χ0n) is 11.8. The number of methoxy groups -OCH3 is 2. The van der Waals surface area contributed by atoms with Crippen LogP contribution in [0.25, 0.3) is 0 Å². The van der Waals surface area contributed by atoms with Crippen molar-refractivity contribution >= 4 is 0 Å². The van der Waals surface area contributed by atoms with E-state index in [-0.39, 0.29) is 12.0 Å². The Labute approximate surface area is 119 Å². The summed E-state index contributed by atoms with van der Waals surface area (Å²) < 4.78 is 10.7. The third-order valence-electron chi connectivity index (χ3n) is 3.53. The molecule has 0 spiro atoms. The second-order valence-electron chi connectivity index (χ2n) is 4.67. The van der Waals surface area contributed by atoms with Gasteiger partial charge >= 0.3 is 0 Å². The molecule has 0 fully saturated rings. The first-order chi connectivity index (χ1) is 9.71. The Bertz CT molecular complexity index is 516. The van der Waals surface area contributed by atoms with Crippen LogP contribution in [0.15, 0.2) is 66.5 Å². The molecular weight excluding hydrogens is 252 g/mol. The number of aliphatic hydroxyl groups is 1. The maximum atomic E-state index is 10.1. The highest BCUT2D eigenvalue weighted by molar-refractivity contribution is 5.41. The fourth-order valence-electron chi connectivity index (χ4n) is 2.50. The molecule has 3 nitrogen and oxygen atoms in total. The van der Waals surface area contributed by atoms with Crippen LogP contribution in [0, 0.1) is 0 Å². The second kappa shape index (κ2) is 6.55. The van der Waals surface area contributed by atoms with Crippen LogP contribution in [-0.2, 0) is 9.47 Å². The van der Waals surface area contributed by atoms with Gasteiger partial charge in [-0.15, -0.1) is 6.58 Å². The number of benzene rings is 1. The van der Waals surface area contributed by atoms with Crippen LogP contribution < -0.4 is 0 Å². The molecule has 0 heterocycles. The normalized spacial score (nSPS) is 23.6. The number of hydrogen-bond acceptors (Lipinski definition) is 3. The summed E-state index contributed by atoms with van der Waals surface area (Å²) >= 11 is 0. The lowest BCUT2D eigenvalue weighted by atomic mass is 9.84. The topological polar surface area (TPSA) is 38.7 Å².